The quantitative estimate of drug-likeness (QED) is 0.812. The maximum absolute atomic E-state index is 13.0. The van der Waals surface area contributed by atoms with E-state index in [0.717, 1.165) is 24.0 Å². The van der Waals surface area contributed by atoms with Gasteiger partial charge in [0.15, 0.2) is 0 Å². The molecular weight excluding hydrogens is 293 g/mol. The van der Waals surface area contributed by atoms with Crippen LogP contribution < -0.4 is 0 Å². The number of benzene rings is 2. The fraction of sp³-hybridized carbons (Fsp3) is 0.316. The van der Waals surface area contributed by atoms with E-state index >= 15 is 0 Å². The van der Waals surface area contributed by atoms with Crippen molar-refractivity contribution in [1.29, 1.82) is 0 Å². The molecule has 0 aliphatic heterocycles. The van der Waals surface area contributed by atoms with Crippen molar-refractivity contribution in [1.82, 2.24) is 4.90 Å². The Morgan fingerprint density at radius 1 is 1.09 bits per heavy atom. The van der Waals surface area contributed by atoms with Gasteiger partial charge in [0.05, 0.1) is 6.61 Å². The third-order valence-electron chi connectivity index (χ3n) is 4.03. The summed E-state index contributed by atoms with van der Waals surface area (Å²) in [6.07, 6.45) is 2.07. The molecule has 0 saturated heterocycles. The lowest BCUT2D eigenvalue weighted by molar-refractivity contribution is 0.0730. The molecule has 1 amide bonds. The molecule has 0 aromatic heterocycles. The van der Waals surface area contributed by atoms with Crippen molar-refractivity contribution in [2.75, 3.05) is 7.11 Å². The lowest BCUT2D eigenvalue weighted by Crippen LogP contribution is -2.32. The van der Waals surface area contributed by atoms with Crippen LogP contribution in [0.2, 0.25) is 0 Å². The van der Waals surface area contributed by atoms with Crippen LogP contribution in [0.15, 0.2) is 48.5 Å². The van der Waals surface area contributed by atoms with Gasteiger partial charge in [0.1, 0.15) is 5.82 Å². The Labute approximate surface area is 135 Å². The number of carbonyl (C=O) groups excluding carboxylic acids is 1. The van der Waals surface area contributed by atoms with Crippen molar-refractivity contribution in [3.8, 4) is 0 Å². The van der Waals surface area contributed by atoms with E-state index in [1.807, 2.05) is 29.2 Å². The summed E-state index contributed by atoms with van der Waals surface area (Å²) in [6, 6.07) is 14.2. The van der Waals surface area contributed by atoms with Gasteiger partial charge < -0.3 is 9.64 Å². The van der Waals surface area contributed by atoms with Crippen molar-refractivity contribution in [3.63, 3.8) is 0 Å². The number of nitrogens with zero attached hydrogens (tertiary/aromatic N) is 1. The number of carbonyl (C=O) groups is 1. The Bertz CT molecular complexity index is 663. The van der Waals surface area contributed by atoms with E-state index in [1.165, 1.54) is 12.1 Å². The first-order valence-electron chi connectivity index (χ1n) is 7.80. The number of halogens is 1. The summed E-state index contributed by atoms with van der Waals surface area (Å²) in [6.45, 7) is 1.06. The summed E-state index contributed by atoms with van der Waals surface area (Å²) in [4.78, 5) is 14.7. The highest BCUT2D eigenvalue weighted by atomic mass is 19.1. The number of methoxy groups -OCH3 is 1. The Morgan fingerprint density at radius 2 is 1.70 bits per heavy atom. The van der Waals surface area contributed by atoms with Gasteiger partial charge in [-0.2, -0.15) is 0 Å². The largest absolute Gasteiger partial charge is 0.380 e. The van der Waals surface area contributed by atoms with Crippen molar-refractivity contribution < 1.29 is 13.9 Å². The molecule has 0 N–H and O–H groups in total. The minimum absolute atomic E-state index is 0.0285. The molecule has 1 aliphatic carbocycles. The van der Waals surface area contributed by atoms with Crippen LogP contribution in [0.4, 0.5) is 4.39 Å². The average molecular weight is 313 g/mol. The zero-order chi connectivity index (χ0) is 16.2. The highest BCUT2D eigenvalue weighted by molar-refractivity contribution is 5.94. The van der Waals surface area contributed by atoms with Gasteiger partial charge in [0.25, 0.3) is 5.91 Å². The van der Waals surface area contributed by atoms with Crippen molar-refractivity contribution in [2.24, 2.45) is 0 Å². The van der Waals surface area contributed by atoms with Gasteiger partial charge in [-0.25, -0.2) is 4.39 Å². The van der Waals surface area contributed by atoms with Crippen LogP contribution in [0.5, 0.6) is 0 Å². The van der Waals surface area contributed by atoms with E-state index in [1.54, 1.807) is 19.2 Å². The second-order valence-electron chi connectivity index (χ2n) is 5.92. The van der Waals surface area contributed by atoms with Crippen LogP contribution in [-0.4, -0.2) is 24.0 Å². The van der Waals surface area contributed by atoms with Crippen LogP contribution in [0, 0.1) is 5.82 Å². The highest BCUT2D eigenvalue weighted by Gasteiger charge is 2.33. The standard InChI is InChI=1S/C19H20FNO2/c1-23-13-15-2-6-16(7-3-15)19(22)21(18-10-11-18)12-14-4-8-17(20)9-5-14/h2-9,18H,10-13H2,1H3. The first-order chi connectivity index (χ1) is 11.2. The summed E-state index contributed by atoms with van der Waals surface area (Å²) in [5.41, 5.74) is 2.67. The van der Waals surface area contributed by atoms with Crippen molar-refractivity contribution >= 4 is 5.91 Å². The first-order valence-corrected chi connectivity index (χ1v) is 7.80. The highest BCUT2D eigenvalue weighted by Crippen LogP contribution is 2.30. The smallest absolute Gasteiger partial charge is 0.254 e. The fourth-order valence-corrected chi connectivity index (χ4v) is 2.62. The van der Waals surface area contributed by atoms with Gasteiger partial charge in [0, 0.05) is 25.3 Å². The molecule has 3 rings (SSSR count). The SMILES string of the molecule is COCc1ccc(C(=O)N(Cc2ccc(F)cc2)C2CC2)cc1. The van der Waals surface area contributed by atoms with E-state index in [-0.39, 0.29) is 11.7 Å². The number of hydrogen-bond acceptors (Lipinski definition) is 2. The summed E-state index contributed by atoms with van der Waals surface area (Å²) in [5, 5.41) is 0. The van der Waals surface area contributed by atoms with Gasteiger partial charge in [0.2, 0.25) is 0 Å². The summed E-state index contributed by atoms with van der Waals surface area (Å²) < 4.78 is 18.1. The molecule has 23 heavy (non-hydrogen) atoms. The minimum atomic E-state index is -0.258. The Morgan fingerprint density at radius 3 is 2.26 bits per heavy atom. The molecule has 1 fully saturated rings. The monoisotopic (exact) mass is 313 g/mol. The van der Waals surface area contributed by atoms with Crippen LogP contribution in [-0.2, 0) is 17.9 Å². The van der Waals surface area contributed by atoms with Crippen molar-refractivity contribution in [3.05, 3.63) is 71.0 Å². The third kappa shape index (κ3) is 3.96. The molecule has 1 aliphatic rings. The Hall–Kier alpha value is -2.20. The molecule has 0 heterocycles. The second kappa shape index (κ2) is 6.92. The lowest BCUT2D eigenvalue weighted by atomic mass is 10.1. The molecule has 0 radical (unpaired) electrons. The predicted octanol–water partition coefficient (Wildman–Crippen LogP) is 3.78. The first kappa shape index (κ1) is 15.7. The molecule has 2 aromatic rings. The van der Waals surface area contributed by atoms with Crippen LogP contribution >= 0.6 is 0 Å². The predicted molar refractivity (Wildman–Crippen MR) is 86.5 cm³/mol. The maximum atomic E-state index is 13.0. The van der Waals surface area contributed by atoms with Crippen LogP contribution in [0.25, 0.3) is 0 Å². The molecule has 1 saturated carbocycles. The van der Waals surface area contributed by atoms with Gasteiger partial charge in [-0.3, -0.25) is 4.79 Å². The van der Waals surface area contributed by atoms with Crippen LogP contribution in [0.3, 0.4) is 0 Å². The molecule has 120 valence electrons. The van der Waals surface area contributed by atoms with Crippen molar-refractivity contribution in [2.45, 2.75) is 32.0 Å². The number of amides is 1. The normalized spacial score (nSPS) is 13.8. The lowest BCUT2D eigenvalue weighted by Gasteiger charge is -2.23. The van der Waals surface area contributed by atoms with Gasteiger partial charge in [-0.05, 0) is 48.2 Å². The zero-order valence-corrected chi connectivity index (χ0v) is 13.2. The molecule has 2 aromatic carbocycles. The van der Waals surface area contributed by atoms with E-state index in [0.29, 0.717) is 24.8 Å². The molecule has 4 heteroatoms. The van der Waals surface area contributed by atoms with Crippen LogP contribution in [0.1, 0.15) is 34.3 Å². The molecule has 3 nitrogen and oxygen atoms in total. The summed E-state index contributed by atoms with van der Waals surface area (Å²) in [5.74, 6) is -0.229. The number of ether oxygens (including phenoxy) is 1. The van der Waals surface area contributed by atoms with E-state index in [9.17, 15) is 9.18 Å². The van der Waals surface area contributed by atoms with Gasteiger partial charge >= 0.3 is 0 Å². The second-order valence-corrected chi connectivity index (χ2v) is 5.92. The molecule has 0 spiro atoms. The molecule has 0 atom stereocenters. The Balaban J connectivity index is 1.74. The van der Waals surface area contributed by atoms with Gasteiger partial charge in [-0.15, -0.1) is 0 Å². The van der Waals surface area contributed by atoms with E-state index in [4.69, 9.17) is 4.74 Å². The summed E-state index contributed by atoms with van der Waals surface area (Å²) in [7, 11) is 1.65. The van der Waals surface area contributed by atoms with E-state index in [2.05, 4.69) is 0 Å². The fourth-order valence-electron chi connectivity index (χ4n) is 2.62. The molecule has 0 unspecified atom stereocenters. The maximum Gasteiger partial charge on any atom is 0.254 e. The zero-order valence-electron chi connectivity index (χ0n) is 13.2. The third-order valence-corrected chi connectivity index (χ3v) is 4.03. The molecular formula is C19H20FNO2. The summed E-state index contributed by atoms with van der Waals surface area (Å²) >= 11 is 0. The average Bonchev–Trinajstić information content (AvgIpc) is 3.40. The van der Waals surface area contributed by atoms with E-state index < -0.39 is 0 Å². The van der Waals surface area contributed by atoms with Gasteiger partial charge in [-0.1, -0.05) is 24.3 Å². The molecule has 0 bridgehead atoms. The Kier molecular flexibility index (Phi) is 4.72. The number of hydrogen-bond donors (Lipinski definition) is 0. The topological polar surface area (TPSA) is 29.5 Å². The number of rotatable bonds is 6. The minimum Gasteiger partial charge on any atom is -0.380 e.